The predicted molar refractivity (Wildman–Crippen MR) is 96.2 cm³/mol. The highest BCUT2D eigenvalue weighted by atomic mass is 35.5. The lowest BCUT2D eigenvalue weighted by atomic mass is 10.2. The molecule has 2 N–H and O–H groups in total. The summed E-state index contributed by atoms with van der Waals surface area (Å²) in [4.78, 5) is 20.0. The molecule has 0 saturated carbocycles. The summed E-state index contributed by atoms with van der Waals surface area (Å²) in [7, 11) is 0. The number of amides is 1. The quantitative estimate of drug-likeness (QED) is 0.644. The normalized spacial score (nSPS) is 11.1. The highest BCUT2D eigenvalue weighted by Gasteiger charge is 2.33. The van der Waals surface area contributed by atoms with Gasteiger partial charge in [-0.15, -0.1) is 0 Å². The van der Waals surface area contributed by atoms with Crippen molar-refractivity contribution in [3.05, 3.63) is 77.2 Å². The summed E-state index contributed by atoms with van der Waals surface area (Å²) in [5.74, 6) is -0.0389. The molecule has 27 heavy (non-hydrogen) atoms. The van der Waals surface area contributed by atoms with E-state index >= 15 is 0 Å². The number of rotatable bonds is 4. The summed E-state index contributed by atoms with van der Waals surface area (Å²) in [5.41, 5.74) is 0.0722. The van der Waals surface area contributed by atoms with Crippen molar-refractivity contribution < 1.29 is 18.0 Å². The van der Waals surface area contributed by atoms with Crippen molar-refractivity contribution in [2.75, 3.05) is 10.6 Å². The molecule has 2 heterocycles. The minimum absolute atomic E-state index is 0.186. The molecule has 1 amide bonds. The van der Waals surface area contributed by atoms with Crippen molar-refractivity contribution in [2.45, 2.75) is 6.18 Å². The number of hydrogen-bond donors (Lipinski definition) is 2. The first-order valence-corrected chi connectivity index (χ1v) is 8.02. The lowest BCUT2D eigenvalue weighted by molar-refractivity contribution is -0.137. The zero-order valence-electron chi connectivity index (χ0n) is 13.6. The molecule has 0 aliphatic carbocycles. The number of carbonyl (C=O) groups excluding carboxylic acids is 1. The van der Waals surface area contributed by atoms with Crippen LogP contribution in [0.3, 0.4) is 0 Å². The van der Waals surface area contributed by atoms with E-state index < -0.39 is 11.7 Å². The van der Waals surface area contributed by atoms with Crippen molar-refractivity contribution in [1.29, 1.82) is 0 Å². The summed E-state index contributed by atoms with van der Waals surface area (Å²) < 4.78 is 38.7. The van der Waals surface area contributed by atoms with Crippen LogP contribution in [0.4, 0.5) is 30.4 Å². The van der Waals surface area contributed by atoms with Gasteiger partial charge in [-0.3, -0.25) is 9.78 Å². The molecule has 9 heteroatoms. The third-order valence-corrected chi connectivity index (χ3v) is 3.82. The fourth-order valence-electron chi connectivity index (χ4n) is 2.21. The molecule has 0 fully saturated rings. The van der Waals surface area contributed by atoms with Crippen LogP contribution in [0, 0.1) is 0 Å². The second kappa shape index (κ2) is 7.63. The lowest BCUT2D eigenvalue weighted by Gasteiger charge is -2.12. The summed E-state index contributed by atoms with van der Waals surface area (Å²) in [6.07, 6.45) is -0.183. The second-order valence-electron chi connectivity index (χ2n) is 5.45. The van der Waals surface area contributed by atoms with Gasteiger partial charge in [0.15, 0.2) is 0 Å². The number of pyridine rings is 2. The van der Waals surface area contributed by atoms with Crippen LogP contribution in [0.15, 0.2) is 61.1 Å². The molecule has 2 aromatic heterocycles. The number of nitrogens with one attached hydrogen (secondary N) is 2. The summed E-state index contributed by atoms with van der Waals surface area (Å²) in [6, 6.07) is 9.84. The van der Waals surface area contributed by atoms with Gasteiger partial charge in [0, 0.05) is 18.1 Å². The Morgan fingerprint density at radius 3 is 2.44 bits per heavy atom. The fraction of sp³-hybridized carbons (Fsp3) is 0.0556. The summed E-state index contributed by atoms with van der Waals surface area (Å²) in [6.45, 7) is 0. The average molecular weight is 393 g/mol. The molecule has 5 nitrogen and oxygen atoms in total. The van der Waals surface area contributed by atoms with Gasteiger partial charge in [0.2, 0.25) is 0 Å². The Morgan fingerprint density at radius 2 is 1.81 bits per heavy atom. The first-order valence-electron chi connectivity index (χ1n) is 7.64. The molecule has 0 unspecified atom stereocenters. The summed E-state index contributed by atoms with van der Waals surface area (Å²) in [5, 5.41) is 5.03. The van der Waals surface area contributed by atoms with E-state index in [1.165, 1.54) is 24.5 Å². The Balaban J connectivity index is 1.70. The molecule has 0 radical (unpaired) electrons. The van der Waals surface area contributed by atoms with E-state index in [2.05, 4.69) is 20.6 Å². The number of anilines is 3. The maximum atomic E-state index is 12.9. The monoisotopic (exact) mass is 392 g/mol. The van der Waals surface area contributed by atoms with E-state index in [-0.39, 0.29) is 16.6 Å². The highest BCUT2D eigenvalue weighted by Crippen LogP contribution is 2.36. The molecule has 3 rings (SSSR count). The van der Waals surface area contributed by atoms with Gasteiger partial charge in [-0.1, -0.05) is 11.6 Å². The van der Waals surface area contributed by atoms with Gasteiger partial charge >= 0.3 is 6.18 Å². The van der Waals surface area contributed by atoms with E-state index in [0.717, 1.165) is 12.1 Å². The average Bonchev–Trinajstić information content (AvgIpc) is 2.64. The molecule has 3 aromatic rings. The molecule has 0 atom stereocenters. The van der Waals surface area contributed by atoms with Gasteiger partial charge in [-0.25, -0.2) is 4.98 Å². The standard InChI is InChI=1S/C18H12ClF3N4O/c19-15-5-3-12(8-14(15)18(20,21)22)25-16-6-4-13(10-24-16)26-17(27)11-2-1-7-23-9-11/h1-10H,(H,24,25)(H,26,27). The van der Waals surface area contributed by atoms with Gasteiger partial charge in [0.05, 0.1) is 28.0 Å². The van der Waals surface area contributed by atoms with Gasteiger partial charge in [-0.05, 0) is 42.5 Å². The molecule has 0 aliphatic heterocycles. The van der Waals surface area contributed by atoms with Crippen molar-refractivity contribution in [2.24, 2.45) is 0 Å². The first kappa shape index (κ1) is 18.7. The predicted octanol–water partition coefficient (Wildman–Crippen LogP) is 5.14. The van der Waals surface area contributed by atoms with E-state index in [9.17, 15) is 18.0 Å². The highest BCUT2D eigenvalue weighted by molar-refractivity contribution is 6.31. The third kappa shape index (κ3) is 4.73. The molecule has 0 bridgehead atoms. The first-order chi connectivity index (χ1) is 12.8. The van der Waals surface area contributed by atoms with Crippen LogP contribution in [0.2, 0.25) is 5.02 Å². The van der Waals surface area contributed by atoms with Gasteiger partial charge in [0.1, 0.15) is 5.82 Å². The van der Waals surface area contributed by atoms with Crippen LogP contribution in [0.1, 0.15) is 15.9 Å². The molecular weight excluding hydrogens is 381 g/mol. The molecule has 0 spiro atoms. The van der Waals surface area contributed by atoms with Crippen LogP contribution >= 0.6 is 11.6 Å². The van der Waals surface area contributed by atoms with E-state index in [1.54, 1.807) is 24.4 Å². The van der Waals surface area contributed by atoms with Gasteiger partial charge in [-0.2, -0.15) is 13.2 Å². The Hall–Kier alpha value is -3.13. The van der Waals surface area contributed by atoms with Crippen LogP contribution in [0.25, 0.3) is 0 Å². The van der Waals surface area contributed by atoms with Gasteiger partial charge in [0.25, 0.3) is 5.91 Å². The Kier molecular flexibility index (Phi) is 5.27. The number of benzene rings is 1. The maximum Gasteiger partial charge on any atom is 0.417 e. The topological polar surface area (TPSA) is 66.9 Å². The zero-order valence-corrected chi connectivity index (χ0v) is 14.3. The lowest BCUT2D eigenvalue weighted by Crippen LogP contribution is -2.12. The van der Waals surface area contributed by atoms with Crippen LogP contribution in [-0.2, 0) is 6.18 Å². The fourth-order valence-corrected chi connectivity index (χ4v) is 2.43. The van der Waals surface area contributed by atoms with Crippen LogP contribution in [-0.4, -0.2) is 15.9 Å². The van der Waals surface area contributed by atoms with Crippen molar-refractivity contribution >= 4 is 34.7 Å². The number of alkyl halides is 3. The SMILES string of the molecule is O=C(Nc1ccc(Nc2ccc(Cl)c(C(F)(F)F)c2)nc1)c1cccnc1. The largest absolute Gasteiger partial charge is 0.417 e. The molecule has 0 saturated heterocycles. The minimum atomic E-state index is -4.55. The number of nitrogens with zero attached hydrogens (tertiary/aromatic N) is 2. The number of carbonyl (C=O) groups is 1. The Labute approximate surface area is 157 Å². The van der Waals surface area contributed by atoms with Crippen LogP contribution < -0.4 is 10.6 Å². The van der Waals surface area contributed by atoms with Crippen molar-refractivity contribution in [3.8, 4) is 0 Å². The number of aromatic nitrogens is 2. The second-order valence-corrected chi connectivity index (χ2v) is 5.85. The van der Waals surface area contributed by atoms with E-state index in [0.29, 0.717) is 17.1 Å². The number of halogens is 4. The van der Waals surface area contributed by atoms with Crippen LogP contribution in [0.5, 0.6) is 0 Å². The maximum absolute atomic E-state index is 12.9. The Morgan fingerprint density at radius 1 is 1.04 bits per heavy atom. The van der Waals surface area contributed by atoms with Crippen molar-refractivity contribution in [3.63, 3.8) is 0 Å². The van der Waals surface area contributed by atoms with Crippen molar-refractivity contribution in [1.82, 2.24) is 9.97 Å². The smallest absolute Gasteiger partial charge is 0.340 e. The number of hydrogen-bond acceptors (Lipinski definition) is 4. The van der Waals surface area contributed by atoms with E-state index in [4.69, 9.17) is 11.6 Å². The summed E-state index contributed by atoms with van der Waals surface area (Å²) >= 11 is 5.60. The van der Waals surface area contributed by atoms with E-state index in [1.807, 2.05) is 0 Å². The zero-order chi connectivity index (χ0) is 19.4. The molecular formula is C18H12ClF3N4O. The molecule has 138 valence electrons. The van der Waals surface area contributed by atoms with Gasteiger partial charge < -0.3 is 10.6 Å². The molecule has 1 aromatic carbocycles. The Bertz CT molecular complexity index is 947. The third-order valence-electron chi connectivity index (χ3n) is 3.49. The minimum Gasteiger partial charge on any atom is -0.340 e. The molecule has 0 aliphatic rings.